The van der Waals surface area contributed by atoms with Crippen LogP contribution in [0.15, 0.2) is 18.2 Å². The van der Waals surface area contributed by atoms with Gasteiger partial charge in [-0.25, -0.2) is 9.18 Å². The third-order valence-electron chi connectivity index (χ3n) is 3.36. The van der Waals surface area contributed by atoms with Gasteiger partial charge in [0, 0.05) is 26.2 Å². The minimum absolute atomic E-state index is 0.192. The minimum atomic E-state index is -0.480. The van der Waals surface area contributed by atoms with Crippen molar-refractivity contribution in [2.24, 2.45) is 0 Å². The monoisotopic (exact) mass is 294 g/mol. The van der Waals surface area contributed by atoms with Crippen molar-refractivity contribution in [3.63, 3.8) is 0 Å². The van der Waals surface area contributed by atoms with Crippen LogP contribution in [0.1, 0.15) is 31.9 Å². The van der Waals surface area contributed by atoms with Gasteiger partial charge in [0.2, 0.25) is 0 Å². The first-order valence-electron chi connectivity index (χ1n) is 7.30. The maximum absolute atomic E-state index is 13.2. The number of benzene rings is 1. The highest BCUT2D eigenvalue weighted by Gasteiger charge is 2.18. The molecule has 1 aliphatic rings. The number of carbonyl (C=O) groups is 1. The molecule has 1 N–H and O–H groups in total. The summed E-state index contributed by atoms with van der Waals surface area (Å²) < 4.78 is 18.4. The van der Waals surface area contributed by atoms with Crippen LogP contribution in [-0.4, -0.2) is 36.2 Å². The Morgan fingerprint density at radius 2 is 2.14 bits per heavy atom. The van der Waals surface area contributed by atoms with E-state index in [2.05, 4.69) is 10.2 Å². The summed E-state index contributed by atoms with van der Waals surface area (Å²) in [6, 6.07) is 4.97. The summed E-state index contributed by atoms with van der Waals surface area (Å²) in [4.78, 5) is 13.7. The molecule has 1 aliphatic heterocycles. The van der Waals surface area contributed by atoms with Gasteiger partial charge in [0.25, 0.3) is 0 Å². The average Bonchev–Trinajstić information content (AvgIpc) is 2.36. The number of hydrogen-bond donors (Lipinski definition) is 1. The fourth-order valence-corrected chi connectivity index (χ4v) is 2.41. The van der Waals surface area contributed by atoms with Crippen molar-refractivity contribution in [3.05, 3.63) is 35.1 Å². The lowest BCUT2D eigenvalue weighted by Crippen LogP contribution is -2.39. The molecule has 2 rings (SSSR count). The molecule has 4 nitrogen and oxygen atoms in total. The maximum Gasteiger partial charge on any atom is 0.407 e. The molecule has 0 atom stereocenters. The Hall–Kier alpha value is -1.62. The van der Waals surface area contributed by atoms with Gasteiger partial charge in [0.05, 0.1) is 0 Å². The van der Waals surface area contributed by atoms with Gasteiger partial charge in [0.15, 0.2) is 0 Å². The SMILES string of the molecule is CC(C)(C)OC(=O)NCCN1CCc2ccc(F)cc2C1. The van der Waals surface area contributed by atoms with E-state index in [0.717, 1.165) is 31.6 Å². The number of alkyl carbamates (subject to hydrolysis) is 1. The van der Waals surface area contributed by atoms with Gasteiger partial charge in [0.1, 0.15) is 11.4 Å². The minimum Gasteiger partial charge on any atom is -0.444 e. The van der Waals surface area contributed by atoms with Crippen LogP contribution < -0.4 is 5.32 Å². The Balaban J connectivity index is 1.77. The molecule has 5 heteroatoms. The third kappa shape index (κ3) is 5.01. The molecule has 0 saturated heterocycles. The molecule has 0 bridgehead atoms. The first-order chi connectivity index (χ1) is 9.83. The number of amides is 1. The van der Waals surface area contributed by atoms with Gasteiger partial charge in [-0.1, -0.05) is 6.07 Å². The Labute approximate surface area is 125 Å². The number of fused-ring (bicyclic) bond motifs is 1. The molecule has 1 aromatic carbocycles. The first-order valence-corrected chi connectivity index (χ1v) is 7.30. The highest BCUT2D eigenvalue weighted by atomic mass is 19.1. The van der Waals surface area contributed by atoms with E-state index in [1.54, 1.807) is 6.07 Å². The van der Waals surface area contributed by atoms with Gasteiger partial charge in [-0.3, -0.25) is 4.90 Å². The standard InChI is InChI=1S/C16H23FN2O2/c1-16(2,3)21-15(20)18-7-9-19-8-6-12-4-5-14(17)10-13(12)11-19/h4-5,10H,6-9,11H2,1-3H3,(H,18,20). The van der Waals surface area contributed by atoms with Crippen molar-refractivity contribution in [2.45, 2.75) is 39.3 Å². The first kappa shape index (κ1) is 15.8. The molecule has 21 heavy (non-hydrogen) atoms. The van der Waals surface area contributed by atoms with Crippen LogP contribution in [0.5, 0.6) is 0 Å². The Bertz CT molecular complexity index is 511. The van der Waals surface area contributed by atoms with E-state index in [9.17, 15) is 9.18 Å². The van der Waals surface area contributed by atoms with Crippen LogP contribution in [0, 0.1) is 5.82 Å². The van der Waals surface area contributed by atoms with Crippen molar-refractivity contribution >= 4 is 6.09 Å². The summed E-state index contributed by atoms with van der Waals surface area (Å²) in [7, 11) is 0. The van der Waals surface area contributed by atoms with Gasteiger partial charge < -0.3 is 10.1 Å². The predicted molar refractivity (Wildman–Crippen MR) is 79.6 cm³/mol. The molecule has 0 saturated carbocycles. The summed E-state index contributed by atoms with van der Waals surface area (Å²) in [5.74, 6) is -0.192. The lowest BCUT2D eigenvalue weighted by atomic mass is 10.00. The van der Waals surface area contributed by atoms with Crippen LogP contribution in [0.4, 0.5) is 9.18 Å². The summed E-state index contributed by atoms with van der Waals surface area (Å²) in [5, 5.41) is 2.74. The highest BCUT2D eigenvalue weighted by molar-refractivity contribution is 5.67. The topological polar surface area (TPSA) is 41.6 Å². The van der Waals surface area contributed by atoms with E-state index in [0.29, 0.717) is 6.54 Å². The molecule has 116 valence electrons. The van der Waals surface area contributed by atoms with E-state index < -0.39 is 11.7 Å². The second-order valence-electron chi connectivity index (χ2n) is 6.37. The zero-order chi connectivity index (χ0) is 15.5. The Kier molecular flexibility index (Phi) is 4.83. The molecular formula is C16H23FN2O2. The number of nitrogens with one attached hydrogen (secondary N) is 1. The summed E-state index contributed by atoms with van der Waals surface area (Å²) in [5.41, 5.74) is 1.78. The fourth-order valence-electron chi connectivity index (χ4n) is 2.41. The van der Waals surface area contributed by atoms with E-state index in [1.807, 2.05) is 26.8 Å². The van der Waals surface area contributed by atoms with Crippen LogP contribution in [0.25, 0.3) is 0 Å². The zero-order valence-corrected chi connectivity index (χ0v) is 12.9. The lowest BCUT2D eigenvalue weighted by molar-refractivity contribution is 0.0521. The van der Waals surface area contributed by atoms with E-state index in [4.69, 9.17) is 4.74 Å². The van der Waals surface area contributed by atoms with Crippen molar-refractivity contribution in [3.8, 4) is 0 Å². The molecule has 0 spiro atoms. The molecule has 1 heterocycles. The second-order valence-corrected chi connectivity index (χ2v) is 6.37. The smallest absolute Gasteiger partial charge is 0.407 e. The van der Waals surface area contributed by atoms with E-state index in [1.165, 1.54) is 11.6 Å². The van der Waals surface area contributed by atoms with Crippen LogP contribution in [0.2, 0.25) is 0 Å². The quantitative estimate of drug-likeness (QED) is 0.932. The van der Waals surface area contributed by atoms with Crippen molar-refractivity contribution in [2.75, 3.05) is 19.6 Å². The number of ether oxygens (including phenoxy) is 1. The second kappa shape index (κ2) is 6.43. The maximum atomic E-state index is 13.2. The van der Waals surface area contributed by atoms with Gasteiger partial charge in [-0.2, -0.15) is 0 Å². The number of rotatable bonds is 3. The molecule has 1 amide bonds. The summed E-state index contributed by atoms with van der Waals surface area (Å²) in [6.07, 6.45) is 0.521. The van der Waals surface area contributed by atoms with Crippen LogP contribution in [-0.2, 0) is 17.7 Å². The molecule has 0 radical (unpaired) electrons. The summed E-state index contributed by atoms with van der Waals surface area (Å²) in [6.45, 7) is 8.42. The predicted octanol–water partition coefficient (Wildman–Crippen LogP) is 2.71. The number of nitrogens with zero attached hydrogens (tertiary/aromatic N) is 1. The highest BCUT2D eigenvalue weighted by Crippen LogP contribution is 2.19. The number of hydrogen-bond acceptors (Lipinski definition) is 3. The van der Waals surface area contributed by atoms with E-state index in [-0.39, 0.29) is 5.82 Å². The largest absolute Gasteiger partial charge is 0.444 e. The Morgan fingerprint density at radius 3 is 2.86 bits per heavy atom. The number of halogens is 1. The zero-order valence-electron chi connectivity index (χ0n) is 12.9. The van der Waals surface area contributed by atoms with E-state index >= 15 is 0 Å². The average molecular weight is 294 g/mol. The van der Waals surface area contributed by atoms with Crippen molar-refractivity contribution < 1.29 is 13.9 Å². The van der Waals surface area contributed by atoms with Crippen LogP contribution in [0.3, 0.4) is 0 Å². The molecule has 0 unspecified atom stereocenters. The normalized spacial score (nSPS) is 15.4. The van der Waals surface area contributed by atoms with Crippen molar-refractivity contribution in [1.82, 2.24) is 10.2 Å². The molecular weight excluding hydrogens is 271 g/mol. The Morgan fingerprint density at radius 1 is 1.38 bits per heavy atom. The molecule has 0 aliphatic carbocycles. The molecule has 0 fully saturated rings. The molecule has 1 aromatic rings. The fraction of sp³-hybridized carbons (Fsp3) is 0.562. The van der Waals surface area contributed by atoms with Gasteiger partial charge in [-0.05, 0) is 50.5 Å². The molecule has 0 aromatic heterocycles. The van der Waals surface area contributed by atoms with Crippen molar-refractivity contribution in [1.29, 1.82) is 0 Å². The third-order valence-corrected chi connectivity index (χ3v) is 3.36. The summed E-state index contributed by atoms with van der Waals surface area (Å²) >= 11 is 0. The van der Waals surface area contributed by atoms with Crippen LogP contribution >= 0.6 is 0 Å². The lowest BCUT2D eigenvalue weighted by Gasteiger charge is -2.29. The number of carbonyl (C=O) groups excluding carboxylic acids is 1. The van der Waals surface area contributed by atoms with Gasteiger partial charge >= 0.3 is 6.09 Å². The van der Waals surface area contributed by atoms with Gasteiger partial charge in [-0.15, -0.1) is 0 Å².